The molecule has 0 aliphatic heterocycles. The molecule has 102 valence electrons. The summed E-state index contributed by atoms with van der Waals surface area (Å²) < 4.78 is 5.28. The minimum atomic E-state index is -0.122. The Kier molecular flexibility index (Phi) is 3.29. The highest BCUT2D eigenvalue weighted by Gasteiger charge is 2.13. The van der Waals surface area contributed by atoms with Crippen LogP contribution in [0.15, 0.2) is 53.3 Å². The number of rotatable bonds is 4. The molecule has 0 aliphatic carbocycles. The molecule has 20 heavy (non-hydrogen) atoms. The number of benzene rings is 1. The molecular weight excluding hydrogens is 252 g/mol. The van der Waals surface area contributed by atoms with Crippen LogP contribution in [0.25, 0.3) is 10.9 Å². The number of furan rings is 1. The lowest BCUT2D eigenvalue weighted by Crippen LogP contribution is -2.27. The van der Waals surface area contributed by atoms with Crippen LogP contribution in [0.4, 0.5) is 0 Å². The molecule has 0 fully saturated rings. The number of aromatic amines is 1. The van der Waals surface area contributed by atoms with Gasteiger partial charge in [0.2, 0.25) is 5.91 Å². The van der Waals surface area contributed by atoms with Crippen LogP contribution < -0.4 is 5.32 Å². The molecule has 2 aromatic heterocycles. The third kappa shape index (κ3) is 2.45. The summed E-state index contributed by atoms with van der Waals surface area (Å²) in [5.74, 6) is 0.746. The minimum Gasteiger partial charge on any atom is -0.467 e. The third-order valence-corrected chi connectivity index (χ3v) is 3.37. The number of aromatic nitrogens is 1. The zero-order valence-corrected chi connectivity index (χ0v) is 11.2. The molecule has 1 atom stereocenters. The third-order valence-electron chi connectivity index (χ3n) is 3.37. The lowest BCUT2D eigenvalue weighted by molar-refractivity contribution is -0.121. The van der Waals surface area contributed by atoms with E-state index in [1.807, 2.05) is 49.5 Å². The molecule has 1 amide bonds. The van der Waals surface area contributed by atoms with Gasteiger partial charge in [0.25, 0.3) is 0 Å². The maximum atomic E-state index is 12.1. The van der Waals surface area contributed by atoms with Gasteiger partial charge in [-0.3, -0.25) is 4.79 Å². The van der Waals surface area contributed by atoms with Crippen molar-refractivity contribution in [1.82, 2.24) is 10.3 Å². The van der Waals surface area contributed by atoms with Gasteiger partial charge >= 0.3 is 0 Å². The standard InChI is InChI=1S/C16H16N2O2/c1-11(15-7-4-8-20-15)18-16(19)9-12-10-17-14-6-3-2-5-13(12)14/h2-8,10-11,17H,9H2,1H3,(H,18,19)/t11-/m0/s1. The van der Waals surface area contributed by atoms with Crippen molar-refractivity contribution in [2.24, 2.45) is 0 Å². The molecule has 0 unspecified atom stereocenters. The van der Waals surface area contributed by atoms with Crippen molar-refractivity contribution in [1.29, 1.82) is 0 Å². The van der Waals surface area contributed by atoms with Gasteiger partial charge < -0.3 is 14.7 Å². The second kappa shape index (κ2) is 5.25. The van der Waals surface area contributed by atoms with Crippen molar-refractivity contribution >= 4 is 16.8 Å². The molecule has 3 aromatic rings. The molecule has 0 radical (unpaired) electrons. The fourth-order valence-corrected chi connectivity index (χ4v) is 2.35. The lowest BCUT2D eigenvalue weighted by atomic mass is 10.1. The summed E-state index contributed by atoms with van der Waals surface area (Å²) >= 11 is 0. The Morgan fingerprint density at radius 3 is 2.95 bits per heavy atom. The first-order valence-corrected chi connectivity index (χ1v) is 6.62. The Balaban J connectivity index is 1.70. The van der Waals surface area contributed by atoms with E-state index in [-0.39, 0.29) is 11.9 Å². The van der Waals surface area contributed by atoms with Crippen molar-refractivity contribution < 1.29 is 9.21 Å². The van der Waals surface area contributed by atoms with E-state index in [9.17, 15) is 4.79 Å². The van der Waals surface area contributed by atoms with E-state index in [4.69, 9.17) is 4.42 Å². The fraction of sp³-hybridized carbons (Fsp3) is 0.188. The van der Waals surface area contributed by atoms with Crippen LogP contribution in [-0.4, -0.2) is 10.9 Å². The molecular formula is C16H16N2O2. The summed E-state index contributed by atoms with van der Waals surface area (Å²) in [6.07, 6.45) is 3.86. The number of hydrogen-bond donors (Lipinski definition) is 2. The Hall–Kier alpha value is -2.49. The van der Waals surface area contributed by atoms with Gasteiger partial charge in [-0.1, -0.05) is 18.2 Å². The van der Waals surface area contributed by atoms with Gasteiger partial charge in [-0.25, -0.2) is 0 Å². The highest BCUT2D eigenvalue weighted by Crippen LogP contribution is 2.18. The smallest absolute Gasteiger partial charge is 0.225 e. The Labute approximate surface area is 116 Å². The summed E-state index contributed by atoms with van der Waals surface area (Å²) in [4.78, 5) is 15.3. The summed E-state index contributed by atoms with van der Waals surface area (Å²) in [7, 11) is 0. The number of nitrogens with one attached hydrogen (secondary N) is 2. The Morgan fingerprint density at radius 2 is 2.15 bits per heavy atom. The van der Waals surface area contributed by atoms with Crippen LogP contribution >= 0.6 is 0 Å². The first kappa shape index (κ1) is 12.5. The summed E-state index contributed by atoms with van der Waals surface area (Å²) in [6.45, 7) is 1.91. The van der Waals surface area contributed by atoms with Crippen LogP contribution in [0.5, 0.6) is 0 Å². The average Bonchev–Trinajstić information content (AvgIpc) is 3.09. The van der Waals surface area contributed by atoms with Crippen molar-refractivity contribution in [2.75, 3.05) is 0 Å². The van der Waals surface area contributed by atoms with Gasteiger partial charge in [-0.05, 0) is 30.7 Å². The van der Waals surface area contributed by atoms with E-state index in [0.717, 1.165) is 22.2 Å². The van der Waals surface area contributed by atoms with E-state index < -0.39 is 0 Å². The number of carbonyl (C=O) groups is 1. The van der Waals surface area contributed by atoms with Gasteiger partial charge in [-0.15, -0.1) is 0 Å². The highest BCUT2D eigenvalue weighted by molar-refractivity contribution is 5.88. The first-order chi connectivity index (χ1) is 9.74. The molecule has 0 saturated heterocycles. The van der Waals surface area contributed by atoms with Gasteiger partial charge in [0.05, 0.1) is 18.7 Å². The summed E-state index contributed by atoms with van der Waals surface area (Å²) in [6, 6.07) is 11.5. The monoisotopic (exact) mass is 268 g/mol. The predicted molar refractivity (Wildman–Crippen MR) is 77.3 cm³/mol. The van der Waals surface area contributed by atoms with E-state index in [1.54, 1.807) is 6.26 Å². The van der Waals surface area contributed by atoms with Crippen LogP contribution in [-0.2, 0) is 11.2 Å². The summed E-state index contributed by atoms with van der Waals surface area (Å²) in [5.41, 5.74) is 2.05. The topological polar surface area (TPSA) is 58.0 Å². The maximum Gasteiger partial charge on any atom is 0.225 e. The Morgan fingerprint density at radius 1 is 1.30 bits per heavy atom. The normalized spacial score (nSPS) is 12.4. The first-order valence-electron chi connectivity index (χ1n) is 6.62. The van der Waals surface area contributed by atoms with E-state index in [0.29, 0.717) is 6.42 Å². The molecule has 2 N–H and O–H groups in total. The van der Waals surface area contributed by atoms with Crippen LogP contribution in [0.3, 0.4) is 0 Å². The highest BCUT2D eigenvalue weighted by atomic mass is 16.3. The SMILES string of the molecule is C[C@H](NC(=O)Cc1c[nH]c2ccccc12)c1ccco1. The molecule has 0 aliphatic rings. The van der Waals surface area contributed by atoms with Gasteiger partial charge in [-0.2, -0.15) is 0 Å². The molecule has 0 spiro atoms. The maximum absolute atomic E-state index is 12.1. The molecule has 0 saturated carbocycles. The van der Waals surface area contributed by atoms with Gasteiger partial charge in [0.1, 0.15) is 5.76 Å². The van der Waals surface area contributed by atoms with Crippen molar-refractivity contribution in [2.45, 2.75) is 19.4 Å². The van der Waals surface area contributed by atoms with Crippen LogP contribution in [0.1, 0.15) is 24.3 Å². The second-order valence-electron chi connectivity index (χ2n) is 4.84. The van der Waals surface area contributed by atoms with Gasteiger partial charge in [0.15, 0.2) is 0 Å². The second-order valence-corrected chi connectivity index (χ2v) is 4.84. The number of H-pyrrole nitrogens is 1. The minimum absolute atomic E-state index is 0.0151. The zero-order valence-electron chi connectivity index (χ0n) is 11.2. The Bertz CT molecular complexity index is 713. The predicted octanol–water partition coefficient (Wildman–Crippen LogP) is 3.18. The lowest BCUT2D eigenvalue weighted by Gasteiger charge is -2.11. The average molecular weight is 268 g/mol. The summed E-state index contributed by atoms with van der Waals surface area (Å²) in [5, 5.41) is 4.03. The molecule has 4 nitrogen and oxygen atoms in total. The number of hydrogen-bond acceptors (Lipinski definition) is 2. The van der Waals surface area contributed by atoms with E-state index >= 15 is 0 Å². The van der Waals surface area contributed by atoms with Gasteiger partial charge in [0, 0.05) is 17.1 Å². The van der Waals surface area contributed by atoms with E-state index in [2.05, 4.69) is 10.3 Å². The zero-order chi connectivity index (χ0) is 13.9. The number of amides is 1. The fourth-order valence-electron chi connectivity index (χ4n) is 2.35. The quantitative estimate of drug-likeness (QED) is 0.763. The molecule has 1 aromatic carbocycles. The van der Waals surface area contributed by atoms with Crippen LogP contribution in [0.2, 0.25) is 0 Å². The van der Waals surface area contributed by atoms with Crippen LogP contribution in [0, 0.1) is 0 Å². The largest absolute Gasteiger partial charge is 0.467 e. The van der Waals surface area contributed by atoms with Crippen molar-refractivity contribution in [3.8, 4) is 0 Å². The van der Waals surface area contributed by atoms with Crippen molar-refractivity contribution in [3.63, 3.8) is 0 Å². The molecule has 2 heterocycles. The molecule has 0 bridgehead atoms. The number of carbonyl (C=O) groups excluding carboxylic acids is 1. The number of fused-ring (bicyclic) bond motifs is 1. The molecule has 3 rings (SSSR count). The van der Waals surface area contributed by atoms with Crippen molar-refractivity contribution in [3.05, 3.63) is 60.2 Å². The number of para-hydroxylation sites is 1. The van der Waals surface area contributed by atoms with E-state index in [1.165, 1.54) is 0 Å². The molecule has 4 heteroatoms.